The van der Waals surface area contributed by atoms with Crippen LogP contribution in [-0.4, -0.2) is 27.2 Å². The maximum Gasteiger partial charge on any atom is 0.282 e. The van der Waals surface area contributed by atoms with E-state index < -0.39 is 10.8 Å². The number of benzene rings is 1. The topological polar surface area (TPSA) is 107 Å². The van der Waals surface area contributed by atoms with Crippen molar-refractivity contribution in [1.29, 1.82) is 0 Å². The molecule has 1 saturated carbocycles. The minimum atomic E-state index is -0.597. The molecule has 0 radical (unpaired) electrons. The first-order valence-corrected chi connectivity index (χ1v) is 7.66. The summed E-state index contributed by atoms with van der Waals surface area (Å²) >= 11 is 0. The van der Waals surface area contributed by atoms with Gasteiger partial charge < -0.3 is 5.32 Å². The van der Waals surface area contributed by atoms with Crippen molar-refractivity contribution < 1.29 is 9.72 Å². The smallest absolute Gasteiger partial charge is 0.282 e. The molecular formula is C16H16N4O4. The highest BCUT2D eigenvalue weighted by Gasteiger charge is 2.25. The number of nitro benzene ring substituents is 1. The summed E-state index contributed by atoms with van der Waals surface area (Å²) in [5.41, 5.74) is 0.398. The van der Waals surface area contributed by atoms with Gasteiger partial charge in [0.1, 0.15) is 5.56 Å². The van der Waals surface area contributed by atoms with E-state index in [1.807, 2.05) is 0 Å². The van der Waals surface area contributed by atoms with Crippen molar-refractivity contribution >= 4 is 11.6 Å². The van der Waals surface area contributed by atoms with E-state index in [1.165, 1.54) is 28.9 Å². The van der Waals surface area contributed by atoms with E-state index in [-0.39, 0.29) is 29.9 Å². The number of aromatic nitrogens is 2. The normalized spacial score (nSPS) is 13.5. The number of para-hydroxylation sites is 1. The molecule has 0 saturated heterocycles. The van der Waals surface area contributed by atoms with E-state index in [9.17, 15) is 19.7 Å². The molecule has 8 heteroatoms. The molecule has 1 fully saturated rings. The fraction of sp³-hybridized carbons (Fsp3) is 0.312. The van der Waals surface area contributed by atoms with E-state index in [4.69, 9.17) is 0 Å². The molecule has 1 aliphatic rings. The summed E-state index contributed by atoms with van der Waals surface area (Å²) in [6.45, 7) is 0.373. The van der Waals surface area contributed by atoms with Gasteiger partial charge in [0, 0.05) is 24.6 Å². The highest BCUT2D eigenvalue weighted by atomic mass is 16.6. The monoisotopic (exact) mass is 328 g/mol. The van der Waals surface area contributed by atoms with Gasteiger partial charge in [-0.1, -0.05) is 12.1 Å². The Kier molecular flexibility index (Phi) is 4.37. The molecule has 0 bridgehead atoms. The Morgan fingerprint density at radius 3 is 2.75 bits per heavy atom. The van der Waals surface area contributed by atoms with Crippen LogP contribution in [0.4, 0.5) is 5.69 Å². The molecule has 8 nitrogen and oxygen atoms in total. The van der Waals surface area contributed by atoms with Crippen LogP contribution in [0, 0.1) is 10.1 Å². The molecule has 0 unspecified atom stereocenters. The first-order valence-electron chi connectivity index (χ1n) is 7.66. The number of rotatable bonds is 6. The number of nitro groups is 1. The molecular weight excluding hydrogens is 312 g/mol. The zero-order valence-corrected chi connectivity index (χ0v) is 12.8. The van der Waals surface area contributed by atoms with Gasteiger partial charge in [-0.2, -0.15) is 5.10 Å². The first kappa shape index (κ1) is 15.9. The number of hydrogen-bond donors (Lipinski definition) is 1. The molecule has 1 aromatic carbocycles. The van der Waals surface area contributed by atoms with Crippen LogP contribution in [0.3, 0.4) is 0 Å². The molecule has 124 valence electrons. The second-order valence-corrected chi connectivity index (χ2v) is 5.62. The zero-order valence-electron chi connectivity index (χ0n) is 12.8. The van der Waals surface area contributed by atoms with Crippen LogP contribution in [0.1, 0.15) is 34.8 Å². The van der Waals surface area contributed by atoms with Crippen molar-refractivity contribution in [3.8, 4) is 0 Å². The van der Waals surface area contributed by atoms with Crippen molar-refractivity contribution in [2.75, 3.05) is 6.54 Å². The average Bonchev–Trinajstić information content (AvgIpc) is 3.41. The van der Waals surface area contributed by atoms with Gasteiger partial charge in [-0.05, 0) is 25.0 Å². The Labute approximate surface area is 137 Å². The summed E-state index contributed by atoms with van der Waals surface area (Å²) in [7, 11) is 0. The van der Waals surface area contributed by atoms with Crippen molar-refractivity contribution in [3.63, 3.8) is 0 Å². The van der Waals surface area contributed by atoms with Crippen molar-refractivity contribution in [2.24, 2.45) is 0 Å². The Hall–Kier alpha value is -3.03. The Bertz CT molecular complexity index is 842. The summed E-state index contributed by atoms with van der Waals surface area (Å²) in [4.78, 5) is 34.3. The third kappa shape index (κ3) is 3.48. The molecule has 0 aliphatic heterocycles. The van der Waals surface area contributed by atoms with E-state index in [0.717, 1.165) is 18.5 Å². The van der Waals surface area contributed by atoms with Gasteiger partial charge in [0.15, 0.2) is 0 Å². The molecule has 0 atom stereocenters. The van der Waals surface area contributed by atoms with Gasteiger partial charge in [-0.25, -0.2) is 4.68 Å². The minimum Gasteiger partial charge on any atom is -0.350 e. The quantitative estimate of drug-likeness (QED) is 0.638. The molecule has 1 aromatic heterocycles. The molecule has 0 spiro atoms. The Balaban J connectivity index is 1.64. The van der Waals surface area contributed by atoms with Gasteiger partial charge in [0.2, 0.25) is 0 Å². The molecule has 1 heterocycles. The van der Waals surface area contributed by atoms with Crippen LogP contribution in [0.15, 0.2) is 41.2 Å². The first-order chi connectivity index (χ1) is 11.6. The Morgan fingerprint density at radius 2 is 2.04 bits per heavy atom. The molecule has 1 aliphatic carbocycles. The highest BCUT2D eigenvalue weighted by molar-refractivity contribution is 5.98. The van der Waals surface area contributed by atoms with E-state index in [1.54, 1.807) is 12.1 Å². The van der Waals surface area contributed by atoms with Crippen LogP contribution in [0.25, 0.3) is 0 Å². The third-order valence-electron chi connectivity index (χ3n) is 3.84. The second kappa shape index (κ2) is 6.61. The van der Waals surface area contributed by atoms with Crippen molar-refractivity contribution in [2.45, 2.75) is 25.3 Å². The number of carbonyl (C=O) groups is 1. The molecule has 3 rings (SSSR count). The lowest BCUT2D eigenvalue weighted by Crippen LogP contribution is -2.32. The number of hydrogen-bond acceptors (Lipinski definition) is 5. The summed E-state index contributed by atoms with van der Waals surface area (Å²) in [5, 5.41) is 17.8. The standard InChI is InChI=1S/C16H16N4O4/c21-15-8-7-13(11-5-6-11)18-19(15)10-9-17-16(22)12-3-1-2-4-14(12)20(23)24/h1-4,7-8,11H,5-6,9-10H2,(H,17,22). The van der Waals surface area contributed by atoms with Crippen LogP contribution in [0.5, 0.6) is 0 Å². The maximum atomic E-state index is 12.1. The Morgan fingerprint density at radius 1 is 1.29 bits per heavy atom. The summed E-state index contributed by atoms with van der Waals surface area (Å²) in [6, 6.07) is 8.95. The minimum absolute atomic E-state index is 0.00506. The van der Waals surface area contributed by atoms with E-state index in [2.05, 4.69) is 10.4 Å². The van der Waals surface area contributed by atoms with Crippen LogP contribution >= 0.6 is 0 Å². The predicted octanol–water partition coefficient (Wildman–Crippen LogP) is 1.46. The lowest BCUT2D eigenvalue weighted by molar-refractivity contribution is -0.385. The van der Waals surface area contributed by atoms with Crippen LogP contribution in [-0.2, 0) is 6.54 Å². The lowest BCUT2D eigenvalue weighted by atomic mass is 10.1. The third-order valence-corrected chi connectivity index (χ3v) is 3.84. The highest BCUT2D eigenvalue weighted by Crippen LogP contribution is 2.38. The zero-order chi connectivity index (χ0) is 17.1. The lowest BCUT2D eigenvalue weighted by Gasteiger charge is -2.08. The van der Waals surface area contributed by atoms with E-state index >= 15 is 0 Å². The summed E-state index contributed by atoms with van der Waals surface area (Å²) in [5.74, 6) is -0.118. The molecule has 1 amide bonds. The van der Waals surface area contributed by atoms with Gasteiger partial charge in [-0.3, -0.25) is 19.7 Å². The number of nitrogens with zero attached hydrogens (tertiary/aromatic N) is 3. The van der Waals surface area contributed by atoms with Gasteiger partial charge >= 0.3 is 0 Å². The maximum absolute atomic E-state index is 12.1. The average molecular weight is 328 g/mol. The molecule has 1 N–H and O–H groups in total. The number of amides is 1. The van der Waals surface area contributed by atoms with Gasteiger partial charge in [0.25, 0.3) is 17.2 Å². The summed E-state index contributed by atoms with van der Waals surface area (Å²) in [6.07, 6.45) is 2.17. The van der Waals surface area contributed by atoms with E-state index in [0.29, 0.717) is 5.92 Å². The molecule has 2 aromatic rings. The van der Waals surface area contributed by atoms with Crippen LogP contribution in [0.2, 0.25) is 0 Å². The van der Waals surface area contributed by atoms with Crippen LogP contribution < -0.4 is 10.9 Å². The largest absolute Gasteiger partial charge is 0.350 e. The molecule has 24 heavy (non-hydrogen) atoms. The fourth-order valence-corrected chi connectivity index (χ4v) is 2.42. The van der Waals surface area contributed by atoms with Crippen molar-refractivity contribution in [1.82, 2.24) is 15.1 Å². The SMILES string of the molecule is O=C(NCCn1nc(C2CC2)ccc1=O)c1ccccc1[N+](=O)[O-]. The fourth-order valence-electron chi connectivity index (χ4n) is 2.42. The number of nitrogens with one attached hydrogen (secondary N) is 1. The summed E-state index contributed by atoms with van der Waals surface area (Å²) < 4.78 is 1.31. The predicted molar refractivity (Wildman–Crippen MR) is 85.9 cm³/mol. The van der Waals surface area contributed by atoms with Gasteiger partial charge in [0.05, 0.1) is 17.2 Å². The van der Waals surface area contributed by atoms with Crippen molar-refractivity contribution in [3.05, 3.63) is 68.1 Å². The second-order valence-electron chi connectivity index (χ2n) is 5.62. The number of carbonyl (C=O) groups excluding carboxylic acids is 1. The van der Waals surface area contributed by atoms with Gasteiger partial charge in [-0.15, -0.1) is 0 Å².